The average molecular weight is 526 g/mol. The number of halogens is 2. The lowest BCUT2D eigenvalue weighted by atomic mass is 9.98. The molecule has 12 heteroatoms. The summed E-state index contributed by atoms with van der Waals surface area (Å²) >= 11 is 1.04. The van der Waals surface area contributed by atoms with E-state index in [-0.39, 0.29) is 34.4 Å². The van der Waals surface area contributed by atoms with E-state index in [2.05, 4.69) is 30.6 Å². The monoisotopic (exact) mass is 525 g/mol. The Morgan fingerprint density at radius 1 is 1.19 bits per heavy atom. The molecule has 0 unspecified atom stereocenters. The summed E-state index contributed by atoms with van der Waals surface area (Å²) in [4.78, 5) is 31.4. The normalized spacial score (nSPS) is 14.2. The largest absolute Gasteiger partial charge is 0.396 e. The molecule has 37 heavy (non-hydrogen) atoms. The number of fused-ring (bicyclic) bond motifs is 1. The van der Waals surface area contributed by atoms with Crippen LogP contribution in [0.5, 0.6) is 0 Å². The van der Waals surface area contributed by atoms with Crippen molar-refractivity contribution < 1.29 is 18.7 Å². The van der Waals surface area contributed by atoms with Crippen molar-refractivity contribution in [3.05, 3.63) is 48.4 Å². The molecular formula is C25H25F2N7O2S. The fraction of sp³-hybridized carbons (Fsp3) is 0.320. The number of pyridine rings is 1. The van der Waals surface area contributed by atoms with Crippen molar-refractivity contribution in [1.82, 2.24) is 25.3 Å². The third kappa shape index (κ3) is 5.07. The first-order chi connectivity index (χ1) is 18.0. The van der Waals surface area contributed by atoms with Crippen LogP contribution in [0.2, 0.25) is 0 Å². The molecule has 4 aromatic rings. The number of aliphatic hydroxyl groups excluding tert-OH is 1. The zero-order chi connectivity index (χ0) is 25.9. The van der Waals surface area contributed by atoms with Crippen LogP contribution in [0.1, 0.15) is 19.8 Å². The third-order valence-electron chi connectivity index (χ3n) is 6.28. The molecule has 1 fully saturated rings. The number of piperidine rings is 1. The van der Waals surface area contributed by atoms with Crippen molar-refractivity contribution in [1.29, 1.82) is 0 Å². The third-order valence-corrected chi connectivity index (χ3v) is 7.29. The van der Waals surface area contributed by atoms with Crippen molar-refractivity contribution >= 4 is 38.7 Å². The van der Waals surface area contributed by atoms with E-state index in [0.29, 0.717) is 28.3 Å². The molecule has 4 heterocycles. The second kappa shape index (κ2) is 10.7. The smallest absolute Gasteiger partial charge is 0.321 e. The zero-order valence-electron chi connectivity index (χ0n) is 20.0. The van der Waals surface area contributed by atoms with E-state index in [1.54, 1.807) is 6.92 Å². The summed E-state index contributed by atoms with van der Waals surface area (Å²) in [7, 11) is 0. The van der Waals surface area contributed by atoms with Crippen molar-refractivity contribution in [2.24, 2.45) is 5.92 Å². The summed E-state index contributed by atoms with van der Waals surface area (Å²) in [6, 6.07) is 3.80. The molecule has 3 N–H and O–H groups in total. The van der Waals surface area contributed by atoms with Crippen molar-refractivity contribution in [2.75, 3.05) is 36.5 Å². The van der Waals surface area contributed by atoms with Crippen molar-refractivity contribution in [3.8, 4) is 22.4 Å². The van der Waals surface area contributed by atoms with Crippen LogP contribution in [0.25, 0.3) is 32.6 Å². The Morgan fingerprint density at radius 3 is 2.62 bits per heavy atom. The van der Waals surface area contributed by atoms with Gasteiger partial charge in [-0.1, -0.05) is 11.3 Å². The molecule has 3 aromatic heterocycles. The highest BCUT2D eigenvalue weighted by molar-refractivity contribution is 7.22. The summed E-state index contributed by atoms with van der Waals surface area (Å²) in [5.74, 6) is -0.381. The van der Waals surface area contributed by atoms with Gasteiger partial charge < -0.3 is 15.3 Å². The molecular weight excluding hydrogens is 500 g/mol. The Hall–Kier alpha value is -3.77. The van der Waals surface area contributed by atoms with Crippen LogP contribution < -0.4 is 15.5 Å². The summed E-state index contributed by atoms with van der Waals surface area (Å²) in [5, 5.41) is 14.7. The Morgan fingerprint density at radius 2 is 1.95 bits per heavy atom. The first-order valence-electron chi connectivity index (χ1n) is 12.0. The first kappa shape index (κ1) is 24.9. The number of aliphatic hydroxyl groups is 1. The van der Waals surface area contributed by atoms with Gasteiger partial charge in [-0.25, -0.2) is 28.5 Å². The standard InChI is InChI=1S/C25H25F2N7O2S/c1-2-28-24(36)33-25-32-21-19(27)16(10-17(22(21)37-25)20-18(26)4-3-7-29-20)15-11-30-23(31-12-15)34-8-5-14(13-35)6-9-34/h3-4,7,10-12,14,35H,2,5-6,8-9,13H2,1H3,(H2,28,32,33,36). The van der Waals surface area contributed by atoms with Crippen LogP contribution >= 0.6 is 11.3 Å². The van der Waals surface area contributed by atoms with Crippen LogP contribution in [0.4, 0.5) is 24.7 Å². The predicted octanol–water partition coefficient (Wildman–Crippen LogP) is 4.44. The van der Waals surface area contributed by atoms with Gasteiger partial charge in [0.1, 0.15) is 17.0 Å². The molecule has 0 aliphatic carbocycles. The number of hydrogen-bond acceptors (Lipinski definition) is 8. The number of anilines is 2. The number of nitrogens with zero attached hydrogens (tertiary/aromatic N) is 5. The Kier molecular flexibility index (Phi) is 7.19. The number of rotatable bonds is 6. The fourth-order valence-electron chi connectivity index (χ4n) is 4.32. The van der Waals surface area contributed by atoms with Crippen LogP contribution in [-0.2, 0) is 0 Å². The van der Waals surface area contributed by atoms with Crippen molar-refractivity contribution in [2.45, 2.75) is 19.8 Å². The van der Waals surface area contributed by atoms with E-state index in [1.165, 1.54) is 36.8 Å². The number of urea groups is 1. The summed E-state index contributed by atoms with van der Waals surface area (Å²) in [6.45, 7) is 3.82. The molecule has 1 saturated heterocycles. The SMILES string of the molecule is CCNC(=O)Nc1nc2c(F)c(-c3cnc(N4CCC(CO)CC4)nc3)cc(-c3ncccc3F)c2s1. The van der Waals surface area contributed by atoms with E-state index >= 15 is 4.39 Å². The number of aromatic nitrogens is 4. The molecule has 1 aliphatic rings. The lowest BCUT2D eigenvalue weighted by molar-refractivity contribution is 0.202. The van der Waals surface area contributed by atoms with Gasteiger partial charge in [0.15, 0.2) is 10.9 Å². The lowest BCUT2D eigenvalue weighted by Gasteiger charge is -2.31. The summed E-state index contributed by atoms with van der Waals surface area (Å²) in [5.41, 5.74) is 0.932. The van der Waals surface area contributed by atoms with E-state index in [4.69, 9.17) is 0 Å². The highest BCUT2D eigenvalue weighted by atomic mass is 32.1. The Balaban J connectivity index is 1.56. The van der Waals surface area contributed by atoms with Gasteiger partial charge in [-0.2, -0.15) is 0 Å². The minimum Gasteiger partial charge on any atom is -0.396 e. The average Bonchev–Trinajstić information content (AvgIpc) is 3.34. The van der Waals surface area contributed by atoms with Gasteiger partial charge in [0, 0.05) is 61.5 Å². The summed E-state index contributed by atoms with van der Waals surface area (Å²) < 4.78 is 30.9. The second-order valence-corrected chi connectivity index (χ2v) is 9.68. The maximum Gasteiger partial charge on any atom is 0.321 e. The molecule has 1 aromatic carbocycles. The van der Waals surface area contributed by atoms with Gasteiger partial charge in [0.25, 0.3) is 0 Å². The highest BCUT2D eigenvalue weighted by Gasteiger charge is 2.24. The number of carbonyl (C=O) groups is 1. The number of nitrogens with one attached hydrogen (secondary N) is 2. The number of thiazole rings is 1. The van der Waals surface area contributed by atoms with E-state index in [0.717, 1.165) is 37.3 Å². The minimum atomic E-state index is -0.629. The topological polar surface area (TPSA) is 116 Å². The van der Waals surface area contributed by atoms with Gasteiger partial charge in [-0.15, -0.1) is 0 Å². The maximum absolute atomic E-state index is 15.8. The Labute approximate surface area is 215 Å². The molecule has 0 spiro atoms. The van der Waals surface area contributed by atoms with Crippen LogP contribution in [0.15, 0.2) is 36.8 Å². The van der Waals surface area contributed by atoms with Gasteiger partial charge in [-0.3, -0.25) is 10.3 Å². The molecule has 0 bridgehead atoms. The predicted molar refractivity (Wildman–Crippen MR) is 139 cm³/mol. The highest BCUT2D eigenvalue weighted by Crippen LogP contribution is 2.41. The first-order valence-corrected chi connectivity index (χ1v) is 12.8. The maximum atomic E-state index is 15.8. The van der Waals surface area contributed by atoms with Gasteiger partial charge in [-0.05, 0) is 43.9 Å². The molecule has 9 nitrogen and oxygen atoms in total. The van der Waals surface area contributed by atoms with Gasteiger partial charge >= 0.3 is 6.03 Å². The molecule has 1 aliphatic heterocycles. The number of benzene rings is 1. The quantitative estimate of drug-likeness (QED) is 0.341. The zero-order valence-corrected chi connectivity index (χ0v) is 20.9. The van der Waals surface area contributed by atoms with E-state index < -0.39 is 17.7 Å². The fourth-order valence-corrected chi connectivity index (χ4v) is 5.29. The number of carbonyl (C=O) groups excluding carboxylic acids is 1. The van der Waals surface area contributed by atoms with E-state index in [1.807, 2.05) is 4.90 Å². The minimum absolute atomic E-state index is 0.00972. The number of hydrogen-bond donors (Lipinski definition) is 3. The van der Waals surface area contributed by atoms with Crippen LogP contribution in [-0.4, -0.2) is 57.3 Å². The molecule has 5 rings (SSSR count). The second-order valence-electron chi connectivity index (χ2n) is 8.69. The van der Waals surface area contributed by atoms with Crippen LogP contribution in [0, 0.1) is 17.6 Å². The molecule has 0 atom stereocenters. The molecule has 192 valence electrons. The molecule has 0 saturated carbocycles. The van der Waals surface area contributed by atoms with Crippen LogP contribution in [0.3, 0.4) is 0 Å². The number of amides is 2. The Bertz CT molecular complexity index is 1420. The van der Waals surface area contributed by atoms with Crippen molar-refractivity contribution in [3.63, 3.8) is 0 Å². The lowest BCUT2D eigenvalue weighted by Crippen LogP contribution is -2.35. The molecule has 2 amide bonds. The van der Waals surface area contributed by atoms with E-state index in [9.17, 15) is 14.3 Å². The van der Waals surface area contributed by atoms with Gasteiger partial charge in [0.05, 0.1) is 4.70 Å². The molecule has 0 radical (unpaired) electrons. The van der Waals surface area contributed by atoms with Gasteiger partial charge in [0.2, 0.25) is 5.95 Å². The summed E-state index contributed by atoms with van der Waals surface area (Å²) in [6.07, 6.45) is 6.22.